The molecule has 1 aromatic carbocycles. The summed E-state index contributed by atoms with van der Waals surface area (Å²) in [4.78, 5) is 12.0. The van der Waals surface area contributed by atoms with Crippen molar-refractivity contribution in [3.8, 4) is 0 Å². The molecule has 7 heteroatoms. The molecule has 1 aliphatic heterocycles. The number of benzene rings is 1. The van der Waals surface area contributed by atoms with Gasteiger partial charge in [-0.15, -0.1) is 0 Å². The molecule has 0 spiro atoms. The number of hydrogen-bond acceptors (Lipinski definition) is 5. The van der Waals surface area contributed by atoms with E-state index in [4.69, 9.17) is 27.2 Å². The molecule has 1 aromatic rings. The third kappa shape index (κ3) is 7.97. The van der Waals surface area contributed by atoms with Crippen LogP contribution in [0.5, 0.6) is 0 Å². The first-order chi connectivity index (χ1) is 12.9. The number of methoxy groups -OCH3 is 1. The second-order valence-corrected chi connectivity index (χ2v) is 14.7. The van der Waals surface area contributed by atoms with E-state index in [9.17, 15) is 4.79 Å². The number of esters is 1. The molecule has 1 unspecified atom stereocenters. The molecular weight excluding hydrogens is 556 g/mol. The molecule has 1 aliphatic rings. The van der Waals surface area contributed by atoms with Crippen molar-refractivity contribution in [2.24, 2.45) is 0 Å². The van der Waals surface area contributed by atoms with Crippen molar-refractivity contribution in [1.29, 1.82) is 0 Å². The summed E-state index contributed by atoms with van der Waals surface area (Å²) in [5.74, 6) is -0.939. The summed E-state index contributed by atoms with van der Waals surface area (Å²) in [6, 6.07) is 10.2. The molecule has 0 amide bonds. The Labute approximate surface area is 177 Å². The summed E-state index contributed by atoms with van der Waals surface area (Å²) in [5, 5.41) is 0. The third-order valence-corrected chi connectivity index (χ3v) is 12.2. The normalized spacial score (nSPS) is 22.7. The molecule has 148 valence electrons. The Bertz CT molecular complexity index is 569. The first-order valence-electron chi connectivity index (χ1n) is 9.56. The first kappa shape index (κ1) is 23.1. The molecule has 27 heavy (non-hydrogen) atoms. The van der Waals surface area contributed by atoms with Crippen LogP contribution >= 0.6 is 8.25 Å². The maximum atomic E-state index is 12.0. The molecule has 3 atom stereocenters. The fourth-order valence-corrected chi connectivity index (χ4v) is 9.26. The van der Waals surface area contributed by atoms with E-state index in [1.165, 1.54) is 12.7 Å². The van der Waals surface area contributed by atoms with Crippen molar-refractivity contribution in [2.45, 2.75) is 67.6 Å². The van der Waals surface area contributed by atoms with Crippen molar-refractivity contribution in [3.05, 3.63) is 35.9 Å². The average molecular weight is 585 g/mol. The topological polar surface area (TPSA) is 54.0 Å². The fourth-order valence-electron chi connectivity index (χ4n) is 3.38. The van der Waals surface area contributed by atoms with Crippen molar-refractivity contribution in [3.63, 3.8) is 0 Å². The molecule has 1 saturated heterocycles. The number of carbonyl (C=O) groups excluding carboxylic acids is 1. The second kappa shape index (κ2) is 11.7. The van der Waals surface area contributed by atoms with Crippen LogP contribution in [0.15, 0.2) is 30.3 Å². The van der Waals surface area contributed by atoms with Gasteiger partial charge in [0.25, 0.3) is 0 Å². The molecule has 1 heterocycles. The Morgan fingerprint density at radius 2 is 2.04 bits per heavy atom. The zero-order valence-electron chi connectivity index (χ0n) is 16.5. The third-order valence-electron chi connectivity index (χ3n) is 4.68. The predicted molar refractivity (Wildman–Crippen MR) is 100 cm³/mol. The quantitative estimate of drug-likeness (QED) is 0.230. The summed E-state index contributed by atoms with van der Waals surface area (Å²) in [7, 11) is 7.62. The van der Waals surface area contributed by atoms with E-state index in [1.807, 2.05) is 32.0 Å². The SMILES string of the molecule is COC(=O)[CH]([Hg][Cl])[C@H]1C[C@@H](CCCCOCc2ccccc2)OC(C)(C)O1. The van der Waals surface area contributed by atoms with Crippen molar-refractivity contribution < 1.29 is 47.1 Å². The molecule has 0 aromatic heterocycles. The molecule has 0 bridgehead atoms. The molecule has 5 nitrogen and oxygen atoms in total. The van der Waals surface area contributed by atoms with Crippen LogP contribution in [0.1, 0.15) is 45.1 Å². The summed E-state index contributed by atoms with van der Waals surface area (Å²) in [5.41, 5.74) is 1.19. The molecule has 0 N–H and O–H groups in total. The maximum absolute atomic E-state index is 12.0. The van der Waals surface area contributed by atoms with Gasteiger partial charge in [-0.1, -0.05) is 18.2 Å². The standard InChI is InChI=1S/C20H29O5.ClH.Hg/c1-20(2)24-17(13-18(25-20)14-19(21)22-3)11-7-8-12-23-15-16-9-5-4-6-10-16;;/h4-6,9-10,14,17-18H,7-8,11-13,15H2,1-3H3;1H;/q;;+1/p-1/t17-,18-;;/m1../s1. The average Bonchev–Trinajstić information content (AvgIpc) is 2.64. The monoisotopic (exact) mass is 586 g/mol. The minimum atomic E-state index is -1.87. The van der Waals surface area contributed by atoms with Gasteiger partial charge in [0.2, 0.25) is 0 Å². The van der Waals surface area contributed by atoms with Crippen LogP contribution in [0.4, 0.5) is 0 Å². The van der Waals surface area contributed by atoms with E-state index in [0.717, 1.165) is 25.9 Å². The van der Waals surface area contributed by atoms with E-state index >= 15 is 0 Å². The Morgan fingerprint density at radius 3 is 2.70 bits per heavy atom. The van der Waals surface area contributed by atoms with Crippen LogP contribution in [0.25, 0.3) is 0 Å². The van der Waals surface area contributed by atoms with E-state index in [2.05, 4.69) is 12.1 Å². The summed E-state index contributed by atoms with van der Waals surface area (Å²) in [6.07, 6.45) is 3.48. The molecular formula is C20H29ClHgO5. The Kier molecular flexibility index (Phi) is 10.0. The number of hydrogen-bond donors (Lipinski definition) is 0. The van der Waals surface area contributed by atoms with E-state index in [-0.39, 0.29) is 21.6 Å². The van der Waals surface area contributed by atoms with Gasteiger partial charge in [0.1, 0.15) is 0 Å². The van der Waals surface area contributed by atoms with Crippen LogP contribution in [0, 0.1) is 0 Å². The molecule has 0 aliphatic carbocycles. The van der Waals surface area contributed by atoms with E-state index in [0.29, 0.717) is 13.0 Å². The Balaban J connectivity index is 1.73. The van der Waals surface area contributed by atoms with E-state index in [1.54, 1.807) is 0 Å². The second-order valence-electron chi connectivity index (χ2n) is 7.35. The van der Waals surface area contributed by atoms with Gasteiger partial charge < -0.3 is 0 Å². The van der Waals surface area contributed by atoms with Gasteiger partial charge in [0.05, 0.1) is 0 Å². The first-order valence-corrected chi connectivity index (χ1v) is 19.5. The Hall–Kier alpha value is -0.205. The van der Waals surface area contributed by atoms with Crippen molar-refractivity contribution >= 4 is 14.2 Å². The predicted octanol–water partition coefficient (Wildman–Crippen LogP) is 4.48. The molecule has 1 fully saturated rings. The number of halogens is 1. The van der Waals surface area contributed by atoms with Crippen LogP contribution in [-0.2, 0) is 53.7 Å². The van der Waals surface area contributed by atoms with Crippen LogP contribution in [0.3, 0.4) is 0 Å². The van der Waals surface area contributed by atoms with Gasteiger partial charge in [0, 0.05) is 0 Å². The fraction of sp³-hybridized carbons (Fsp3) is 0.650. The number of carbonyl (C=O) groups is 1. The van der Waals surface area contributed by atoms with Gasteiger partial charge in [-0.25, -0.2) is 0 Å². The van der Waals surface area contributed by atoms with Crippen LogP contribution in [-0.4, -0.2) is 37.7 Å². The van der Waals surface area contributed by atoms with Gasteiger partial charge in [-0.05, 0) is 0 Å². The summed E-state index contributed by atoms with van der Waals surface area (Å²) >= 11 is -1.87. The number of ether oxygens (including phenoxy) is 4. The van der Waals surface area contributed by atoms with Crippen LogP contribution < -0.4 is 0 Å². The molecule has 0 saturated carbocycles. The van der Waals surface area contributed by atoms with Crippen LogP contribution in [0.2, 0.25) is 3.43 Å². The van der Waals surface area contributed by atoms with Gasteiger partial charge >= 0.3 is 160 Å². The number of rotatable bonds is 10. The molecule has 0 radical (unpaired) electrons. The summed E-state index contributed by atoms with van der Waals surface area (Å²) in [6.45, 7) is 5.17. The van der Waals surface area contributed by atoms with Crippen molar-refractivity contribution in [2.75, 3.05) is 13.7 Å². The van der Waals surface area contributed by atoms with E-state index < -0.39 is 29.1 Å². The van der Waals surface area contributed by atoms with Gasteiger partial charge in [-0.2, -0.15) is 0 Å². The molecule has 2 rings (SSSR count). The van der Waals surface area contributed by atoms with Gasteiger partial charge in [-0.3, -0.25) is 0 Å². The van der Waals surface area contributed by atoms with Gasteiger partial charge in [0.15, 0.2) is 0 Å². The summed E-state index contributed by atoms with van der Waals surface area (Å²) < 4.78 is 22.5. The zero-order chi connectivity index (χ0) is 19.7. The zero-order valence-corrected chi connectivity index (χ0v) is 22.7. The van der Waals surface area contributed by atoms with Crippen molar-refractivity contribution in [1.82, 2.24) is 0 Å². The Morgan fingerprint density at radius 1 is 1.30 bits per heavy atom. The number of unbranched alkanes of at least 4 members (excludes halogenated alkanes) is 1. The minimum absolute atomic E-state index is 0.0663.